The van der Waals surface area contributed by atoms with Crippen molar-refractivity contribution in [2.24, 2.45) is 4.99 Å². The third-order valence-corrected chi connectivity index (χ3v) is 5.33. The van der Waals surface area contributed by atoms with Crippen molar-refractivity contribution in [3.8, 4) is 0 Å². The van der Waals surface area contributed by atoms with Crippen LogP contribution in [0.25, 0.3) is 0 Å². The van der Waals surface area contributed by atoms with Crippen molar-refractivity contribution in [3.05, 3.63) is 29.3 Å². The average Bonchev–Trinajstić information content (AvgIpc) is 2.57. The van der Waals surface area contributed by atoms with Gasteiger partial charge in [-0.25, -0.2) is 0 Å². The first kappa shape index (κ1) is 22.7. The molecule has 2 heteroatoms. The molecular formula is C24H42N2. The number of unbranched alkanes of at least 4 members (excludes halogenated alkanes) is 4. The van der Waals surface area contributed by atoms with E-state index in [1.165, 1.54) is 54.6 Å². The molecule has 0 radical (unpaired) electrons. The third kappa shape index (κ3) is 6.78. The molecule has 0 bridgehead atoms. The molecular weight excluding hydrogens is 316 g/mol. The number of aliphatic imine (C=N–C) groups is 1. The molecule has 0 aliphatic rings. The maximum absolute atomic E-state index is 4.89. The molecule has 0 aromatic heterocycles. The molecule has 0 fully saturated rings. The smallest absolute Gasteiger partial charge is 0.0693 e. The molecule has 0 saturated carbocycles. The summed E-state index contributed by atoms with van der Waals surface area (Å²) in [5.41, 5.74) is 5.16. The number of rotatable bonds is 11. The minimum absolute atomic E-state index is 0.141. The van der Waals surface area contributed by atoms with E-state index < -0.39 is 0 Å². The predicted molar refractivity (Wildman–Crippen MR) is 119 cm³/mol. The van der Waals surface area contributed by atoms with Crippen LogP contribution in [0.5, 0.6) is 0 Å². The van der Waals surface area contributed by atoms with E-state index >= 15 is 0 Å². The summed E-state index contributed by atoms with van der Waals surface area (Å²) < 4.78 is 0. The van der Waals surface area contributed by atoms with Crippen molar-refractivity contribution in [2.45, 2.75) is 105 Å². The summed E-state index contributed by atoms with van der Waals surface area (Å²) in [7, 11) is 0. The second-order valence-electron chi connectivity index (χ2n) is 8.75. The van der Waals surface area contributed by atoms with Gasteiger partial charge >= 0.3 is 0 Å². The fourth-order valence-electron chi connectivity index (χ4n) is 3.26. The van der Waals surface area contributed by atoms with Crippen molar-refractivity contribution in [2.75, 3.05) is 11.9 Å². The molecule has 0 aliphatic carbocycles. The molecule has 148 valence electrons. The maximum atomic E-state index is 4.89. The van der Waals surface area contributed by atoms with Gasteiger partial charge in [0, 0.05) is 17.9 Å². The first-order valence-electron chi connectivity index (χ1n) is 10.6. The van der Waals surface area contributed by atoms with E-state index in [0.717, 1.165) is 6.54 Å². The summed E-state index contributed by atoms with van der Waals surface area (Å²) in [6.45, 7) is 19.0. The second kappa shape index (κ2) is 10.7. The topological polar surface area (TPSA) is 24.4 Å². The average molecular weight is 359 g/mol. The number of hydrogen-bond donors (Lipinski definition) is 1. The zero-order valence-corrected chi connectivity index (χ0v) is 18.6. The van der Waals surface area contributed by atoms with E-state index in [4.69, 9.17) is 4.99 Å². The molecule has 0 heterocycles. The van der Waals surface area contributed by atoms with Crippen LogP contribution in [-0.2, 0) is 0 Å². The highest BCUT2D eigenvalue weighted by atomic mass is 15.0. The van der Waals surface area contributed by atoms with E-state index in [-0.39, 0.29) is 5.54 Å². The van der Waals surface area contributed by atoms with Gasteiger partial charge in [0.15, 0.2) is 0 Å². The van der Waals surface area contributed by atoms with Gasteiger partial charge in [-0.05, 0) is 50.2 Å². The Morgan fingerprint density at radius 2 is 1.50 bits per heavy atom. The normalized spacial score (nSPS) is 12.9. The molecule has 2 nitrogen and oxygen atoms in total. The van der Waals surface area contributed by atoms with Gasteiger partial charge < -0.3 is 5.32 Å². The van der Waals surface area contributed by atoms with Gasteiger partial charge in [-0.1, -0.05) is 78.5 Å². The SMILES string of the molecule is CCCCCCCN=C(C)C(C)(C)Nc1c(C(C)C)cccc1C(C)C. The van der Waals surface area contributed by atoms with Gasteiger partial charge in [-0.3, -0.25) is 4.99 Å². The monoisotopic (exact) mass is 358 g/mol. The summed E-state index contributed by atoms with van der Waals surface area (Å²) in [5, 5.41) is 3.85. The Bertz CT molecular complexity index is 541. The van der Waals surface area contributed by atoms with Crippen LogP contribution in [-0.4, -0.2) is 17.8 Å². The van der Waals surface area contributed by atoms with Crippen LogP contribution in [0.1, 0.15) is 110 Å². The van der Waals surface area contributed by atoms with Crippen molar-refractivity contribution >= 4 is 11.4 Å². The van der Waals surface area contributed by atoms with E-state index in [2.05, 4.69) is 78.9 Å². The van der Waals surface area contributed by atoms with Crippen LogP contribution in [0.2, 0.25) is 0 Å². The number of anilines is 1. The molecule has 1 aromatic rings. The van der Waals surface area contributed by atoms with Gasteiger partial charge in [-0.15, -0.1) is 0 Å². The maximum Gasteiger partial charge on any atom is 0.0693 e. The Balaban J connectivity index is 2.91. The van der Waals surface area contributed by atoms with Gasteiger partial charge in [0.2, 0.25) is 0 Å². The van der Waals surface area contributed by atoms with Crippen LogP contribution in [0.15, 0.2) is 23.2 Å². The summed E-state index contributed by atoms with van der Waals surface area (Å²) in [6, 6.07) is 6.71. The van der Waals surface area contributed by atoms with Gasteiger partial charge in [0.25, 0.3) is 0 Å². The molecule has 0 saturated heterocycles. The fraction of sp³-hybridized carbons (Fsp3) is 0.708. The molecule has 1 rings (SSSR count). The van der Waals surface area contributed by atoms with E-state index in [1.54, 1.807) is 0 Å². The lowest BCUT2D eigenvalue weighted by atomic mass is 9.90. The lowest BCUT2D eigenvalue weighted by Crippen LogP contribution is -2.39. The lowest BCUT2D eigenvalue weighted by molar-refractivity contribution is 0.635. The van der Waals surface area contributed by atoms with Crippen LogP contribution in [0.3, 0.4) is 0 Å². The second-order valence-corrected chi connectivity index (χ2v) is 8.75. The molecule has 0 atom stereocenters. The highest BCUT2D eigenvalue weighted by Gasteiger charge is 2.25. The largest absolute Gasteiger partial charge is 0.374 e. The van der Waals surface area contributed by atoms with Crippen molar-refractivity contribution < 1.29 is 0 Å². The molecule has 0 unspecified atom stereocenters. The molecule has 0 spiro atoms. The van der Waals surface area contributed by atoms with Crippen molar-refractivity contribution in [3.63, 3.8) is 0 Å². The van der Waals surface area contributed by atoms with Gasteiger partial charge in [0.05, 0.1) is 5.54 Å². The Morgan fingerprint density at radius 1 is 0.962 bits per heavy atom. The number of nitrogens with one attached hydrogen (secondary N) is 1. The zero-order valence-electron chi connectivity index (χ0n) is 18.6. The van der Waals surface area contributed by atoms with Crippen LogP contribution < -0.4 is 5.32 Å². The van der Waals surface area contributed by atoms with Crippen LogP contribution >= 0.6 is 0 Å². The van der Waals surface area contributed by atoms with E-state index in [1.807, 2.05) is 0 Å². The predicted octanol–water partition coefficient (Wildman–Crippen LogP) is 7.56. The minimum Gasteiger partial charge on any atom is -0.374 e. The highest BCUT2D eigenvalue weighted by molar-refractivity contribution is 5.93. The summed E-state index contributed by atoms with van der Waals surface area (Å²) in [6.07, 6.45) is 6.48. The number of nitrogens with zero attached hydrogens (tertiary/aromatic N) is 1. The zero-order chi connectivity index (χ0) is 19.7. The molecule has 1 aromatic carbocycles. The Morgan fingerprint density at radius 3 is 2.00 bits per heavy atom. The minimum atomic E-state index is -0.141. The van der Waals surface area contributed by atoms with Gasteiger partial charge in [-0.2, -0.15) is 0 Å². The first-order chi connectivity index (χ1) is 12.2. The Hall–Kier alpha value is -1.31. The summed E-state index contributed by atoms with van der Waals surface area (Å²) in [5.74, 6) is 1.01. The van der Waals surface area contributed by atoms with Crippen LogP contribution in [0, 0.1) is 0 Å². The summed E-state index contributed by atoms with van der Waals surface area (Å²) >= 11 is 0. The molecule has 0 amide bonds. The number of para-hydroxylation sites is 1. The standard InChI is InChI=1S/C24H42N2/c1-9-10-11-12-13-17-25-20(6)24(7,8)26-23-21(18(2)3)15-14-16-22(23)19(4)5/h14-16,18-19,26H,9-13,17H2,1-8H3. The Labute approximate surface area is 162 Å². The quantitative estimate of drug-likeness (QED) is 0.320. The van der Waals surface area contributed by atoms with Crippen LogP contribution in [0.4, 0.5) is 5.69 Å². The summed E-state index contributed by atoms with van der Waals surface area (Å²) in [4.78, 5) is 4.89. The molecule has 1 N–H and O–H groups in total. The molecule has 0 aliphatic heterocycles. The van der Waals surface area contributed by atoms with E-state index in [9.17, 15) is 0 Å². The number of benzene rings is 1. The third-order valence-electron chi connectivity index (χ3n) is 5.33. The van der Waals surface area contributed by atoms with Gasteiger partial charge in [0.1, 0.15) is 0 Å². The first-order valence-corrected chi connectivity index (χ1v) is 10.6. The van der Waals surface area contributed by atoms with Crippen molar-refractivity contribution in [1.82, 2.24) is 0 Å². The highest BCUT2D eigenvalue weighted by Crippen LogP contribution is 2.34. The van der Waals surface area contributed by atoms with Crippen molar-refractivity contribution in [1.29, 1.82) is 0 Å². The fourth-order valence-corrected chi connectivity index (χ4v) is 3.26. The number of hydrogen-bond acceptors (Lipinski definition) is 2. The lowest BCUT2D eigenvalue weighted by Gasteiger charge is -2.32. The Kier molecular flexibility index (Phi) is 9.39. The van der Waals surface area contributed by atoms with E-state index in [0.29, 0.717) is 11.8 Å². The molecule has 26 heavy (non-hydrogen) atoms.